The van der Waals surface area contributed by atoms with Gasteiger partial charge in [-0.2, -0.15) is 0 Å². The number of pyridine rings is 1. The molecule has 1 heterocycles. The van der Waals surface area contributed by atoms with E-state index in [1.54, 1.807) is 0 Å². The van der Waals surface area contributed by atoms with Crippen LogP contribution in [0.25, 0.3) is 0 Å². The molecule has 64 valence electrons. The van der Waals surface area contributed by atoms with E-state index in [9.17, 15) is 4.79 Å². The number of hydrogen-bond acceptors (Lipinski definition) is 1. The lowest BCUT2D eigenvalue weighted by atomic mass is 10.1. The number of carbonyl (C=O) groups excluding carboxylic acids is 1. The van der Waals surface area contributed by atoms with E-state index in [-0.39, 0.29) is 5.91 Å². The van der Waals surface area contributed by atoms with E-state index in [0.29, 0.717) is 6.42 Å². The van der Waals surface area contributed by atoms with Crippen molar-refractivity contribution >= 4 is 5.91 Å². The highest BCUT2D eigenvalue weighted by atomic mass is 16.1. The molecule has 0 spiro atoms. The van der Waals surface area contributed by atoms with E-state index in [4.69, 9.17) is 5.73 Å². The summed E-state index contributed by atoms with van der Waals surface area (Å²) < 4.78 is 1.95. The predicted octanol–water partition coefficient (Wildman–Crippen LogP) is -0.0710. The van der Waals surface area contributed by atoms with Crippen molar-refractivity contribution in [3.63, 3.8) is 0 Å². The number of amides is 1. The number of primary amides is 1. The molecule has 3 heteroatoms. The number of carbonyl (C=O) groups is 1. The molecule has 0 saturated carbocycles. The third-order valence-corrected chi connectivity index (χ3v) is 1.71. The van der Waals surface area contributed by atoms with Gasteiger partial charge in [-0.05, 0) is 12.0 Å². The minimum atomic E-state index is -0.247. The topological polar surface area (TPSA) is 47.0 Å². The number of hydrogen-bond donors (Lipinski definition) is 1. The van der Waals surface area contributed by atoms with Crippen LogP contribution in [-0.2, 0) is 18.3 Å². The van der Waals surface area contributed by atoms with Crippen LogP contribution in [0.5, 0.6) is 0 Å². The zero-order chi connectivity index (χ0) is 8.97. The SMILES string of the molecule is C[n+]1ccc(CCC(N)=O)cc1. The summed E-state index contributed by atoms with van der Waals surface area (Å²) in [5.41, 5.74) is 6.17. The molecule has 3 nitrogen and oxygen atoms in total. The lowest BCUT2D eigenvalue weighted by molar-refractivity contribution is -0.671. The van der Waals surface area contributed by atoms with Crippen LogP contribution in [0.1, 0.15) is 12.0 Å². The van der Waals surface area contributed by atoms with Gasteiger partial charge in [0, 0.05) is 18.6 Å². The molecule has 1 aromatic rings. The van der Waals surface area contributed by atoms with Gasteiger partial charge < -0.3 is 5.73 Å². The molecular weight excluding hydrogens is 152 g/mol. The van der Waals surface area contributed by atoms with Crippen LogP contribution in [0.2, 0.25) is 0 Å². The second kappa shape index (κ2) is 3.85. The molecule has 0 bridgehead atoms. The van der Waals surface area contributed by atoms with Crippen LogP contribution in [0, 0.1) is 0 Å². The maximum Gasteiger partial charge on any atom is 0.217 e. The van der Waals surface area contributed by atoms with Crippen LogP contribution < -0.4 is 10.3 Å². The van der Waals surface area contributed by atoms with E-state index >= 15 is 0 Å². The number of nitrogens with zero attached hydrogens (tertiary/aromatic N) is 1. The zero-order valence-electron chi connectivity index (χ0n) is 7.16. The Hall–Kier alpha value is -1.38. The molecular formula is C9H13N2O+. The Morgan fingerprint density at radius 3 is 2.58 bits per heavy atom. The van der Waals surface area contributed by atoms with E-state index < -0.39 is 0 Å². The van der Waals surface area contributed by atoms with Crippen LogP contribution in [-0.4, -0.2) is 5.91 Å². The second-order valence-corrected chi connectivity index (χ2v) is 2.84. The highest BCUT2D eigenvalue weighted by Gasteiger charge is 1.98. The third kappa shape index (κ3) is 2.70. The Bertz CT molecular complexity index is 266. The molecule has 0 aliphatic rings. The number of aryl methyl sites for hydroxylation is 2. The monoisotopic (exact) mass is 165 g/mol. The van der Waals surface area contributed by atoms with Crippen molar-refractivity contribution in [2.75, 3.05) is 0 Å². The fourth-order valence-electron chi connectivity index (χ4n) is 0.966. The van der Waals surface area contributed by atoms with Gasteiger partial charge in [0.1, 0.15) is 7.05 Å². The number of rotatable bonds is 3. The fraction of sp³-hybridized carbons (Fsp3) is 0.333. The maximum atomic E-state index is 10.5. The van der Waals surface area contributed by atoms with Gasteiger partial charge in [-0.3, -0.25) is 4.79 Å². The van der Waals surface area contributed by atoms with Gasteiger partial charge in [0.05, 0.1) is 0 Å². The van der Waals surface area contributed by atoms with Crippen molar-refractivity contribution in [1.82, 2.24) is 0 Å². The van der Waals surface area contributed by atoms with Crippen LogP contribution in [0.4, 0.5) is 0 Å². The predicted molar refractivity (Wildman–Crippen MR) is 45.1 cm³/mol. The van der Waals surface area contributed by atoms with Gasteiger partial charge >= 0.3 is 0 Å². The van der Waals surface area contributed by atoms with Crippen molar-refractivity contribution in [3.05, 3.63) is 30.1 Å². The van der Waals surface area contributed by atoms with Gasteiger partial charge in [0.15, 0.2) is 12.4 Å². The first-order chi connectivity index (χ1) is 5.68. The van der Waals surface area contributed by atoms with Crippen LogP contribution >= 0.6 is 0 Å². The van der Waals surface area contributed by atoms with Crippen LogP contribution in [0.3, 0.4) is 0 Å². The zero-order valence-corrected chi connectivity index (χ0v) is 7.16. The summed E-state index contributed by atoms with van der Waals surface area (Å²) in [4.78, 5) is 10.5. The number of aromatic nitrogens is 1. The molecule has 1 amide bonds. The first-order valence-corrected chi connectivity index (χ1v) is 3.91. The standard InChI is InChI=1S/C9H12N2O/c1-11-6-4-8(5-7-11)2-3-9(10)12/h4-7H,2-3H2,1H3,(H-,10,12)/p+1. The summed E-state index contributed by atoms with van der Waals surface area (Å²) >= 11 is 0. The summed E-state index contributed by atoms with van der Waals surface area (Å²) in [6.07, 6.45) is 5.07. The van der Waals surface area contributed by atoms with Gasteiger partial charge in [0.2, 0.25) is 5.91 Å². The lowest BCUT2D eigenvalue weighted by Gasteiger charge is -1.95. The maximum absolute atomic E-state index is 10.5. The smallest absolute Gasteiger partial charge is 0.217 e. The quantitative estimate of drug-likeness (QED) is 0.626. The molecule has 1 aromatic heterocycles. The first kappa shape index (κ1) is 8.71. The van der Waals surface area contributed by atoms with Crippen molar-refractivity contribution in [1.29, 1.82) is 0 Å². The molecule has 1 rings (SSSR count). The Labute approximate surface area is 71.8 Å². The van der Waals surface area contributed by atoms with E-state index in [0.717, 1.165) is 12.0 Å². The molecule has 0 unspecified atom stereocenters. The highest BCUT2D eigenvalue weighted by Crippen LogP contribution is 1.98. The van der Waals surface area contributed by atoms with Gasteiger partial charge in [-0.25, -0.2) is 4.57 Å². The molecule has 2 N–H and O–H groups in total. The van der Waals surface area contributed by atoms with Crippen molar-refractivity contribution in [2.45, 2.75) is 12.8 Å². The molecule has 12 heavy (non-hydrogen) atoms. The number of nitrogens with two attached hydrogens (primary N) is 1. The lowest BCUT2D eigenvalue weighted by Crippen LogP contribution is -2.26. The largest absolute Gasteiger partial charge is 0.370 e. The van der Waals surface area contributed by atoms with E-state index in [1.807, 2.05) is 36.1 Å². The molecule has 0 atom stereocenters. The summed E-state index contributed by atoms with van der Waals surface area (Å²) in [5.74, 6) is -0.247. The van der Waals surface area contributed by atoms with Gasteiger partial charge in [-0.1, -0.05) is 0 Å². The average Bonchev–Trinajstić information content (AvgIpc) is 2.03. The third-order valence-electron chi connectivity index (χ3n) is 1.71. The molecule has 0 fully saturated rings. The second-order valence-electron chi connectivity index (χ2n) is 2.84. The summed E-state index contributed by atoms with van der Waals surface area (Å²) in [6, 6.07) is 3.98. The molecule has 0 radical (unpaired) electrons. The fourth-order valence-corrected chi connectivity index (χ4v) is 0.966. The Morgan fingerprint density at radius 1 is 1.50 bits per heavy atom. The Morgan fingerprint density at radius 2 is 2.08 bits per heavy atom. The molecule has 0 aliphatic heterocycles. The minimum Gasteiger partial charge on any atom is -0.370 e. The summed E-state index contributed by atoms with van der Waals surface area (Å²) in [7, 11) is 1.96. The van der Waals surface area contributed by atoms with Gasteiger partial charge in [-0.15, -0.1) is 0 Å². The first-order valence-electron chi connectivity index (χ1n) is 3.91. The van der Waals surface area contributed by atoms with Gasteiger partial charge in [0.25, 0.3) is 0 Å². The highest BCUT2D eigenvalue weighted by molar-refractivity contribution is 5.73. The van der Waals surface area contributed by atoms with Crippen LogP contribution in [0.15, 0.2) is 24.5 Å². The summed E-state index contributed by atoms with van der Waals surface area (Å²) in [5, 5.41) is 0. The summed E-state index contributed by atoms with van der Waals surface area (Å²) in [6.45, 7) is 0. The van der Waals surface area contributed by atoms with Crippen molar-refractivity contribution in [3.8, 4) is 0 Å². The Balaban J connectivity index is 2.53. The Kier molecular flexibility index (Phi) is 2.80. The van der Waals surface area contributed by atoms with E-state index in [2.05, 4.69) is 0 Å². The van der Waals surface area contributed by atoms with E-state index in [1.165, 1.54) is 0 Å². The molecule has 0 aromatic carbocycles. The average molecular weight is 165 g/mol. The normalized spacial score (nSPS) is 9.75. The minimum absolute atomic E-state index is 0.247. The van der Waals surface area contributed by atoms with Crippen molar-refractivity contribution < 1.29 is 9.36 Å². The van der Waals surface area contributed by atoms with Crippen molar-refractivity contribution in [2.24, 2.45) is 12.8 Å². The molecule has 0 aliphatic carbocycles. The molecule has 0 saturated heterocycles.